The average Bonchev–Trinajstić information content (AvgIpc) is 3.33. The van der Waals surface area contributed by atoms with Gasteiger partial charge in [0.1, 0.15) is 5.66 Å². The van der Waals surface area contributed by atoms with Crippen molar-refractivity contribution in [2.24, 2.45) is 17.3 Å². The lowest BCUT2D eigenvalue weighted by Crippen LogP contribution is -2.70. The summed E-state index contributed by atoms with van der Waals surface area (Å²) >= 11 is 0. The van der Waals surface area contributed by atoms with E-state index in [4.69, 9.17) is 0 Å². The summed E-state index contributed by atoms with van der Waals surface area (Å²) in [6.45, 7) is 6.10. The molecule has 1 spiro atoms. The van der Waals surface area contributed by atoms with Crippen molar-refractivity contribution in [3.8, 4) is 0 Å². The second-order valence-electron chi connectivity index (χ2n) is 11.3. The van der Waals surface area contributed by atoms with E-state index in [1.807, 2.05) is 24.3 Å². The van der Waals surface area contributed by atoms with Gasteiger partial charge in [0.25, 0.3) is 5.91 Å². The Bertz CT molecular complexity index is 920. The van der Waals surface area contributed by atoms with Gasteiger partial charge >= 0.3 is 0 Å². The van der Waals surface area contributed by atoms with Crippen molar-refractivity contribution in [1.82, 2.24) is 15.1 Å². The molecule has 6 nitrogen and oxygen atoms in total. The molecule has 32 heavy (non-hydrogen) atoms. The van der Waals surface area contributed by atoms with Crippen LogP contribution in [0.5, 0.6) is 0 Å². The Kier molecular flexibility index (Phi) is 4.79. The van der Waals surface area contributed by atoms with Gasteiger partial charge in [-0.1, -0.05) is 31.9 Å². The first kappa shape index (κ1) is 20.5. The first-order valence-corrected chi connectivity index (χ1v) is 12.7. The number of benzene rings is 1. The van der Waals surface area contributed by atoms with Crippen LogP contribution in [0.15, 0.2) is 24.3 Å². The van der Waals surface area contributed by atoms with Crippen LogP contribution in [0.2, 0.25) is 0 Å². The maximum absolute atomic E-state index is 13.7. The number of para-hydroxylation sites is 1. The molecule has 0 aromatic heterocycles. The van der Waals surface area contributed by atoms with Crippen LogP contribution in [0.4, 0.5) is 5.69 Å². The lowest BCUT2D eigenvalue weighted by molar-refractivity contribution is -0.152. The number of anilines is 1. The Morgan fingerprint density at radius 3 is 2.53 bits per heavy atom. The van der Waals surface area contributed by atoms with Crippen molar-refractivity contribution in [3.05, 3.63) is 29.8 Å². The summed E-state index contributed by atoms with van der Waals surface area (Å²) in [4.78, 5) is 31.4. The van der Waals surface area contributed by atoms with E-state index in [2.05, 4.69) is 27.4 Å². The van der Waals surface area contributed by atoms with Gasteiger partial charge in [-0.25, -0.2) is 0 Å². The van der Waals surface area contributed by atoms with E-state index < -0.39 is 5.66 Å². The summed E-state index contributed by atoms with van der Waals surface area (Å²) in [6, 6.07) is 8.53. The highest BCUT2D eigenvalue weighted by atomic mass is 16.2. The van der Waals surface area contributed by atoms with Gasteiger partial charge in [0.15, 0.2) is 0 Å². The molecule has 2 amide bonds. The minimum atomic E-state index is -0.420. The molecular weight excluding hydrogens is 400 g/mol. The molecule has 2 N–H and O–H groups in total. The van der Waals surface area contributed by atoms with Gasteiger partial charge in [-0.05, 0) is 56.1 Å². The van der Waals surface area contributed by atoms with Crippen LogP contribution in [-0.4, -0.2) is 59.5 Å². The lowest BCUT2D eigenvalue weighted by atomic mass is 9.51. The number of carbonyl (C=O) groups is 2. The third-order valence-electron chi connectivity index (χ3n) is 9.44. The number of carbonyl (C=O) groups excluding carboxylic acids is 2. The SMILES string of the molecule is C[C@]12CC[C@H](C[C@@H]1C(=O)N1CCN(C3CCCC3)CC1)[C@]1(C2)NC(=O)c2ccccc2N1. The molecule has 0 radical (unpaired) electrons. The van der Waals surface area contributed by atoms with Gasteiger partial charge in [-0.3, -0.25) is 14.5 Å². The van der Waals surface area contributed by atoms with Crippen LogP contribution < -0.4 is 10.6 Å². The monoisotopic (exact) mass is 436 g/mol. The van der Waals surface area contributed by atoms with Gasteiger partial charge in [-0.15, -0.1) is 0 Å². The molecule has 4 atom stereocenters. The Labute approximate surface area is 191 Å². The minimum absolute atomic E-state index is 0.0152. The predicted octanol–water partition coefficient (Wildman–Crippen LogP) is 3.45. The quantitative estimate of drug-likeness (QED) is 0.745. The fraction of sp³-hybridized carbons (Fsp3) is 0.692. The Morgan fingerprint density at radius 1 is 1.03 bits per heavy atom. The van der Waals surface area contributed by atoms with Gasteiger partial charge in [0.05, 0.1) is 5.56 Å². The van der Waals surface area contributed by atoms with Crippen molar-refractivity contribution in [2.45, 2.75) is 70.0 Å². The normalized spacial score (nSPS) is 37.3. The molecule has 2 bridgehead atoms. The van der Waals surface area contributed by atoms with Crippen LogP contribution in [0.1, 0.15) is 68.6 Å². The van der Waals surface area contributed by atoms with E-state index in [1.54, 1.807) is 0 Å². The highest BCUT2D eigenvalue weighted by Gasteiger charge is 2.60. The van der Waals surface area contributed by atoms with Crippen LogP contribution >= 0.6 is 0 Å². The van der Waals surface area contributed by atoms with Crippen molar-refractivity contribution >= 4 is 17.5 Å². The largest absolute Gasteiger partial charge is 0.362 e. The number of nitrogens with zero attached hydrogens (tertiary/aromatic N) is 2. The van der Waals surface area contributed by atoms with Gasteiger partial charge in [0, 0.05) is 49.7 Å². The number of hydrogen-bond acceptors (Lipinski definition) is 4. The zero-order valence-electron chi connectivity index (χ0n) is 19.2. The molecule has 6 heteroatoms. The number of amides is 2. The summed E-state index contributed by atoms with van der Waals surface area (Å²) < 4.78 is 0. The highest BCUT2D eigenvalue weighted by Crippen LogP contribution is 2.58. The first-order chi connectivity index (χ1) is 15.5. The highest BCUT2D eigenvalue weighted by molar-refractivity contribution is 6.02. The Morgan fingerprint density at radius 2 is 1.78 bits per heavy atom. The molecular formula is C26H36N4O2. The summed E-state index contributed by atoms with van der Waals surface area (Å²) in [5, 5.41) is 7.05. The van der Waals surface area contributed by atoms with Gasteiger partial charge < -0.3 is 15.5 Å². The maximum atomic E-state index is 13.7. The molecule has 2 heterocycles. The van der Waals surface area contributed by atoms with E-state index >= 15 is 0 Å². The van der Waals surface area contributed by atoms with Crippen LogP contribution in [0, 0.1) is 17.3 Å². The molecule has 2 aliphatic heterocycles. The van der Waals surface area contributed by atoms with E-state index in [9.17, 15) is 9.59 Å². The van der Waals surface area contributed by atoms with Crippen molar-refractivity contribution < 1.29 is 9.59 Å². The number of fused-ring (bicyclic) bond motifs is 3. The van der Waals surface area contributed by atoms with E-state index in [0.717, 1.165) is 69.2 Å². The topological polar surface area (TPSA) is 64.7 Å². The van der Waals surface area contributed by atoms with Crippen LogP contribution in [0.25, 0.3) is 0 Å². The third-order valence-corrected chi connectivity index (χ3v) is 9.44. The minimum Gasteiger partial charge on any atom is -0.362 e. The molecule has 0 unspecified atom stereocenters. The second kappa shape index (κ2) is 7.47. The standard InChI is InChI=1S/C26H36N4O2/c1-25-11-10-18(26(17-25)27-22-9-5-4-8-20(22)23(31)28-26)16-21(25)24(32)30-14-12-29(13-15-30)19-6-2-3-7-19/h4-5,8-9,18-19,21,27H,2-3,6-7,10-17H2,1H3,(H,28,31)/t18-,21-,25-,26+/m1/s1. The van der Waals surface area contributed by atoms with E-state index in [-0.39, 0.29) is 23.2 Å². The van der Waals surface area contributed by atoms with Crippen molar-refractivity contribution in [3.63, 3.8) is 0 Å². The third kappa shape index (κ3) is 3.17. The molecule has 6 aliphatic rings. The summed E-state index contributed by atoms with van der Waals surface area (Å²) in [7, 11) is 0. The Hall–Kier alpha value is -2.08. The Balaban J connectivity index is 1.17. The zero-order valence-corrected chi connectivity index (χ0v) is 19.2. The number of rotatable bonds is 2. The molecule has 5 fully saturated rings. The van der Waals surface area contributed by atoms with E-state index in [0.29, 0.717) is 5.91 Å². The maximum Gasteiger partial charge on any atom is 0.255 e. The number of hydrogen-bond donors (Lipinski definition) is 2. The van der Waals surface area contributed by atoms with Crippen molar-refractivity contribution in [2.75, 3.05) is 31.5 Å². The zero-order chi connectivity index (χ0) is 21.9. The number of piperazine rings is 1. The molecule has 4 saturated carbocycles. The summed E-state index contributed by atoms with van der Waals surface area (Å²) in [6.07, 6.45) is 9.21. The molecule has 4 aliphatic carbocycles. The summed E-state index contributed by atoms with van der Waals surface area (Å²) in [5.41, 5.74) is 1.15. The first-order valence-electron chi connectivity index (χ1n) is 12.7. The van der Waals surface area contributed by atoms with Crippen LogP contribution in [-0.2, 0) is 4.79 Å². The van der Waals surface area contributed by atoms with Gasteiger partial charge in [-0.2, -0.15) is 0 Å². The lowest BCUT2D eigenvalue weighted by Gasteiger charge is -2.61. The predicted molar refractivity (Wildman–Crippen MR) is 124 cm³/mol. The molecule has 1 saturated heterocycles. The average molecular weight is 437 g/mol. The molecule has 1 aromatic carbocycles. The summed E-state index contributed by atoms with van der Waals surface area (Å²) in [5.74, 6) is 0.734. The smallest absolute Gasteiger partial charge is 0.255 e. The van der Waals surface area contributed by atoms with E-state index in [1.165, 1.54) is 25.7 Å². The van der Waals surface area contributed by atoms with Crippen LogP contribution in [0.3, 0.4) is 0 Å². The second-order valence-corrected chi connectivity index (χ2v) is 11.3. The molecule has 7 rings (SSSR count). The number of nitrogens with one attached hydrogen (secondary N) is 2. The fourth-order valence-electron chi connectivity index (χ4n) is 7.63. The fourth-order valence-corrected chi connectivity index (χ4v) is 7.63. The van der Waals surface area contributed by atoms with Crippen molar-refractivity contribution in [1.29, 1.82) is 0 Å². The van der Waals surface area contributed by atoms with Gasteiger partial charge in [0.2, 0.25) is 5.91 Å². The molecule has 1 aromatic rings. The molecule has 172 valence electrons.